The standard InChI is InChI=1S/C18H20BrNO/c1-12(2)14-7-9-15(10-8-14)13(3)20-18(21)16-5-4-6-17(19)11-16/h4-13H,1-3H3,(H,20,21). The summed E-state index contributed by atoms with van der Waals surface area (Å²) in [5, 5.41) is 3.03. The SMILES string of the molecule is CC(C)c1ccc(C(C)NC(=O)c2cccc(Br)c2)cc1. The van der Waals surface area contributed by atoms with Crippen LogP contribution in [0.5, 0.6) is 0 Å². The predicted octanol–water partition coefficient (Wildman–Crippen LogP) is 5.06. The summed E-state index contributed by atoms with van der Waals surface area (Å²) in [4.78, 5) is 12.2. The maximum absolute atomic E-state index is 12.2. The predicted molar refractivity (Wildman–Crippen MR) is 90.6 cm³/mol. The second-order valence-electron chi connectivity index (χ2n) is 5.53. The van der Waals surface area contributed by atoms with Gasteiger partial charge in [0.1, 0.15) is 0 Å². The normalized spacial score (nSPS) is 12.2. The number of hydrogen-bond acceptors (Lipinski definition) is 1. The second-order valence-corrected chi connectivity index (χ2v) is 6.44. The van der Waals surface area contributed by atoms with Crippen molar-refractivity contribution in [3.8, 4) is 0 Å². The van der Waals surface area contributed by atoms with E-state index in [9.17, 15) is 4.79 Å². The Morgan fingerprint density at radius 1 is 1.00 bits per heavy atom. The van der Waals surface area contributed by atoms with E-state index in [0.29, 0.717) is 11.5 Å². The lowest BCUT2D eigenvalue weighted by molar-refractivity contribution is 0.0940. The number of benzene rings is 2. The van der Waals surface area contributed by atoms with Gasteiger partial charge in [-0.3, -0.25) is 4.79 Å². The zero-order valence-corrected chi connectivity index (χ0v) is 14.1. The molecule has 0 saturated carbocycles. The lowest BCUT2D eigenvalue weighted by Gasteiger charge is -2.15. The van der Waals surface area contributed by atoms with Gasteiger partial charge in [0.25, 0.3) is 5.91 Å². The van der Waals surface area contributed by atoms with Crippen LogP contribution in [0.3, 0.4) is 0 Å². The van der Waals surface area contributed by atoms with Crippen molar-refractivity contribution in [1.82, 2.24) is 5.32 Å². The zero-order valence-electron chi connectivity index (χ0n) is 12.6. The van der Waals surface area contributed by atoms with Gasteiger partial charge in [-0.15, -0.1) is 0 Å². The molecule has 2 aromatic carbocycles. The molecule has 1 amide bonds. The van der Waals surface area contributed by atoms with Crippen molar-refractivity contribution >= 4 is 21.8 Å². The van der Waals surface area contributed by atoms with Crippen LogP contribution in [-0.2, 0) is 0 Å². The highest BCUT2D eigenvalue weighted by molar-refractivity contribution is 9.10. The Morgan fingerprint density at radius 3 is 2.19 bits per heavy atom. The summed E-state index contributed by atoms with van der Waals surface area (Å²) in [7, 11) is 0. The minimum absolute atomic E-state index is 0.0160. The van der Waals surface area contributed by atoms with E-state index in [1.54, 1.807) is 0 Å². The van der Waals surface area contributed by atoms with E-state index in [1.807, 2.05) is 31.2 Å². The minimum Gasteiger partial charge on any atom is -0.346 e. The number of hydrogen-bond donors (Lipinski definition) is 1. The Labute approximate surface area is 134 Å². The molecule has 3 heteroatoms. The molecule has 1 N–H and O–H groups in total. The first-order valence-electron chi connectivity index (χ1n) is 7.13. The fourth-order valence-corrected chi connectivity index (χ4v) is 2.56. The first-order valence-corrected chi connectivity index (χ1v) is 7.93. The van der Waals surface area contributed by atoms with Crippen molar-refractivity contribution in [2.75, 3.05) is 0 Å². The van der Waals surface area contributed by atoms with Crippen LogP contribution in [-0.4, -0.2) is 5.91 Å². The topological polar surface area (TPSA) is 29.1 Å². The van der Waals surface area contributed by atoms with Crippen LogP contribution in [0.2, 0.25) is 0 Å². The van der Waals surface area contributed by atoms with E-state index in [4.69, 9.17) is 0 Å². The monoisotopic (exact) mass is 345 g/mol. The Balaban J connectivity index is 2.07. The number of amides is 1. The lowest BCUT2D eigenvalue weighted by atomic mass is 9.99. The number of carbonyl (C=O) groups excluding carboxylic acids is 1. The van der Waals surface area contributed by atoms with Crippen LogP contribution in [0.15, 0.2) is 53.0 Å². The lowest BCUT2D eigenvalue weighted by Crippen LogP contribution is -2.26. The molecule has 1 unspecified atom stereocenters. The smallest absolute Gasteiger partial charge is 0.251 e. The molecular formula is C18H20BrNO. The van der Waals surface area contributed by atoms with Crippen LogP contribution >= 0.6 is 15.9 Å². The summed E-state index contributed by atoms with van der Waals surface area (Å²) in [5.41, 5.74) is 3.09. The van der Waals surface area contributed by atoms with Crippen molar-refractivity contribution in [3.05, 3.63) is 69.7 Å². The summed E-state index contributed by atoms with van der Waals surface area (Å²) in [6, 6.07) is 15.8. The number of nitrogens with one attached hydrogen (secondary N) is 1. The van der Waals surface area contributed by atoms with Crippen LogP contribution in [0.4, 0.5) is 0 Å². The zero-order chi connectivity index (χ0) is 15.4. The Kier molecular flexibility index (Phi) is 5.18. The van der Waals surface area contributed by atoms with E-state index in [0.717, 1.165) is 10.0 Å². The summed E-state index contributed by atoms with van der Waals surface area (Å²) in [5.74, 6) is 0.461. The maximum atomic E-state index is 12.2. The van der Waals surface area contributed by atoms with Crippen molar-refractivity contribution in [2.45, 2.75) is 32.7 Å². The van der Waals surface area contributed by atoms with Gasteiger partial charge in [0.05, 0.1) is 6.04 Å². The van der Waals surface area contributed by atoms with Crippen molar-refractivity contribution in [1.29, 1.82) is 0 Å². The van der Waals surface area contributed by atoms with E-state index in [-0.39, 0.29) is 11.9 Å². The molecule has 1 atom stereocenters. The molecule has 0 heterocycles. The highest BCUT2D eigenvalue weighted by Gasteiger charge is 2.12. The molecule has 21 heavy (non-hydrogen) atoms. The molecule has 0 aliphatic carbocycles. The molecule has 110 valence electrons. The molecule has 0 radical (unpaired) electrons. The van der Waals surface area contributed by atoms with Crippen LogP contribution < -0.4 is 5.32 Å². The van der Waals surface area contributed by atoms with Gasteiger partial charge in [0.15, 0.2) is 0 Å². The van der Waals surface area contributed by atoms with Crippen molar-refractivity contribution in [2.24, 2.45) is 0 Å². The molecule has 0 aromatic heterocycles. The van der Waals surface area contributed by atoms with E-state index in [2.05, 4.69) is 59.4 Å². The Bertz CT molecular complexity index is 619. The second kappa shape index (κ2) is 6.90. The van der Waals surface area contributed by atoms with Gasteiger partial charge in [-0.1, -0.05) is 60.1 Å². The fourth-order valence-electron chi connectivity index (χ4n) is 2.16. The first-order chi connectivity index (χ1) is 9.97. The molecule has 0 aliphatic heterocycles. The van der Waals surface area contributed by atoms with Gasteiger partial charge in [-0.2, -0.15) is 0 Å². The van der Waals surface area contributed by atoms with Gasteiger partial charge in [-0.25, -0.2) is 0 Å². The summed E-state index contributed by atoms with van der Waals surface area (Å²) in [6.45, 7) is 6.35. The van der Waals surface area contributed by atoms with Gasteiger partial charge in [-0.05, 0) is 42.2 Å². The molecule has 0 aliphatic rings. The van der Waals surface area contributed by atoms with Crippen LogP contribution in [0.1, 0.15) is 54.2 Å². The quantitative estimate of drug-likeness (QED) is 0.823. The molecule has 2 nitrogen and oxygen atoms in total. The highest BCUT2D eigenvalue weighted by atomic mass is 79.9. The molecular weight excluding hydrogens is 326 g/mol. The summed E-state index contributed by atoms with van der Waals surface area (Å²) < 4.78 is 0.907. The van der Waals surface area contributed by atoms with Gasteiger partial charge < -0.3 is 5.32 Å². The van der Waals surface area contributed by atoms with Crippen LogP contribution in [0, 0.1) is 0 Å². The van der Waals surface area contributed by atoms with Gasteiger partial charge >= 0.3 is 0 Å². The third kappa shape index (κ3) is 4.18. The van der Waals surface area contributed by atoms with Crippen molar-refractivity contribution in [3.63, 3.8) is 0 Å². The molecule has 2 rings (SSSR count). The molecule has 0 fully saturated rings. The van der Waals surface area contributed by atoms with Crippen LogP contribution in [0.25, 0.3) is 0 Å². The summed E-state index contributed by atoms with van der Waals surface area (Å²) in [6.07, 6.45) is 0. The highest BCUT2D eigenvalue weighted by Crippen LogP contribution is 2.19. The molecule has 2 aromatic rings. The Hall–Kier alpha value is -1.61. The third-order valence-corrected chi connectivity index (χ3v) is 4.03. The third-order valence-electron chi connectivity index (χ3n) is 3.54. The van der Waals surface area contributed by atoms with Gasteiger partial charge in [0.2, 0.25) is 0 Å². The summed E-state index contributed by atoms with van der Waals surface area (Å²) >= 11 is 3.38. The number of halogens is 1. The fraction of sp³-hybridized carbons (Fsp3) is 0.278. The molecule has 0 bridgehead atoms. The number of rotatable bonds is 4. The number of carbonyl (C=O) groups is 1. The minimum atomic E-state index is -0.0586. The van der Waals surface area contributed by atoms with E-state index in [1.165, 1.54) is 5.56 Å². The first kappa shape index (κ1) is 15.8. The molecule has 0 saturated heterocycles. The van der Waals surface area contributed by atoms with Gasteiger partial charge in [0, 0.05) is 10.0 Å². The Morgan fingerprint density at radius 2 is 1.62 bits per heavy atom. The maximum Gasteiger partial charge on any atom is 0.251 e. The average molecular weight is 346 g/mol. The largest absolute Gasteiger partial charge is 0.346 e. The van der Waals surface area contributed by atoms with Crippen molar-refractivity contribution < 1.29 is 4.79 Å². The van der Waals surface area contributed by atoms with E-state index < -0.39 is 0 Å². The van der Waals surface area contributed by atoms with E-state index >= 15 is 0 Å². The average Bonchev–Trinajstić information content (AvgIpc) is 2.47. The molecule has 0 spiro atoms.